The highest BCUT2D eigenvalue weighted by molar-refractivity contribution is 5.86. The maximum atomic E-state index is 12.8. The van der Waals surface area contributed by atoms with Crippen molar-refractivity contribution in [2.75, 3.05) is 32.8 Å². The van der Waals surface area contributed by atoms with Crippen LogP contribution in [0.5, 0.6) is 11.5 Å². The van der Waals surface area contributed by atoms with Gasteiger partial charge in [-0.1, -0.05) is 6.92 Å². The smallest absolute Gasteiger partial charge is 0.387 e. The van der Waals surface area contributed by atoms with Crippen molar-refractivity contribution in [2.24, 2.45) is 4.99 Å². The van der Waals surface area contributed by atoms with E-state index >= 15 is 0 Å². The highest BCUT2D eigenvalue weighted by atomic mass is 19.3. The maximum Gasteiger partial charge on any atom is 0.387 e. The number of likely N-dealkylation sites (tertiary alicyclic amines) is 1. The number of hydrogen-bond acceptors (Lipinski definition) is 4. The first-order valence-corrected chi connectivity index (χ1v) is 10.0. The Morgan fingerprint density at radius 1 is 1.24 bits per heavy atom. The molecule has 0 bridgehead atoms. The van der Waals surface area contributed by atoms with Crippen LogP contribution in [0.3, 0.4) is 0 Å². The number of nitrogens with zero attached hydrogens (tertiary/aromatic N) is 2. The second kappa shape index (κ2) is 12.1. The van der Waals surface area contributed by atoms with Crippen molar-refractivity contribution in [3.8, 4) is 11.5 Å². The molecule has 0 aromatic heterocycles. The number of benzene rings is 1. The van der Waals surface area contributed by atoms with Gasteiger partial charge in [0.25, 0.3) is 0 Å². The fourth-order valence-corrected chi connectivity index (χ4v) is 2.92. The van der Waals surface area contributed by atoms with Gasteiger partial charge in [-0.3, -0.25) is 4.79 Å². The lowest BCUT2D eigenvalue weighted by atomic mass is 10.2. The molecule has 1 aromatic rings. The van der Waals surface area contributed by atoms with Crippen molar-refractivity contribution in [2.45, 2.75) is 46.3 Å². The van der Waals surface area contributed by atoms with Gasteiger partial charge in [-0.05, 0) is 38.3 Å². The second-order valence-corrected chi connectivity index (χ2v) is 6.63. The molecule has 2 N–H and O–H groups in total. The molecule has 1 aliphatic rings. The fraction of sp³-hybridized carbons (Fsp3) is 0.600. The van der Waals surface area contributed by atoms with E-state index in [1.165, 1.54) is 6.07 Å². The Bertz CT molecular complexity index is 680. The number of carbonyl (C=O) groups excluding carboxylic acids is 1. The van der Waals surface area contributed by atoms with Crippen LogP contribution in [0.15, 0.2) is 23.2 Å². The number of amides is 1. The van der Waals surface area contributed by atoms with Crippen LogP contribution in [0.2, 0.25) is 0 Å². The summed E-state index contributed by atoms with van der Waals surface area (Å²) >= 11 is 0. The predicted octanol–water partition coefficient (Wildman–Crippen LogP) is 2.75. The molecule has 162 valence electrons. The third-order valence-corrected chi connectivity index (χ3v) is 4.35. The van der Waals surface area contributed by atoms with E-state index in [1.807, 2.05) is 18.7 Å². The van der Waals surface area contributed by atoms with Gasteiger partial charge >= 0.3 is 6.61 Å². The molecule has 0 radical (unpaired) electrons. The van der Waals surface area contributed by atoms with Crippen LogP contribution in [-0.4, -0.2) is 56.2 Å². The van der Waals surface area contributed by atoms with Gasteiger partial charge in [0.1, 0.15) is 11.5 Å². The van der Waals surface area contributed by atoms with Crippen molar-refractivity contribution in [1.82, 2.24) is 15.5 Å². The molecular weight excluding hydrogens is 382 g/mol. The van der Waals surface area contributed by atoms with Crippen molar-refractivity contribution in [1.29, 1.82) is 0 Å². The summed E-state index contributed by atoms with van der Waals surface area (Å²) in [5.41, 5.74) is 0.497. The number of nitrogens with one attached hydrogen (secondary N) is 2. The lowest BCUT2D eigenvalue weighted by molar-refractivity contribution is -0.128. The van der Waals surface area contributed by atoms with Crippen molar-refractivity contribution < 1.29 is 23.0 Å². The Hall–Kier alpha value is -2.58. The lowest BCUT2D eigenvalue weighted by Gasteiger charge is -2.17. The number of halogens is 2. The molecule has 0 aliphatic carbocycles. The number of carbonyl (C=O) groups is 1. The molecule has 1 heterocycles. The molecular formula is C20H30F2N4O3. The molecule has 0 unspecified atom stereocenters. The van der Waals surface area contributed by atoms with Crippen molar-refractivity contribution in [3.63, 3.8) is 0 Å². The van der Waals surface area contributed by atoms with Crippen LogP contribution in [0.1, 0.15) is 38.7 Å². The number of hydrogen-bond donors (Lipinski definition) is 2. The van der Waals surface area contributed by atoms with Gasteiger partial charge < -0.3 is 25.0 Å². The normalized spacial score (nSPS) is 14.2. The van der Waals surface area contributed by atoms with E-state index < -0.39 is 6.61 Å². The number of ether oxygens (including phenoxy) is 2. The minimum Gasteiger partial charge on any atom is -0.493 e. The minimum absolute atomic E-state index is 0.0206. The highest BCUT2D eigenvalue weighted by Crippen LogP contribution is 2.27. The van der Waals surface area contributed by atoms with Crippen LogP contribution >= 0.6 is 0 Å². The largest absolute Gasteiger partial charge is 0.493 e. The first kappa shape index (κ1) is 22.7. The zero-order valence-corrected chi connectivity index (χ0v) is 17.0. The second-order valence-electron chi connectivity index (χ2n) is 6.63. The zero-order chi connectivity index (χ0) is 21.1. The molecule has 9 heteroatoms. The topological polar surface area (TPSA) is 75.2 Å². The first-order valence-electron chi connectivity index (χ1n) is 10.0. The lowest BCUT2D eigenvalue weighted by Crippen LogP contribution is -2.44. The Kier molecular flexibility index (Phi) is 9.46. The predicted molar refractivity (Wildman–Crippen MR) is 107 cm³/mol. The monoisotopic (exact) mass is 412 g/mol. The maximum absolute atomic E-state index is 12.8. The van der Waals surface area contributed by atoms with Gasteiger partial charge in [0.05, 0.1) is 19.7 Å². The molecule has 7 nitrogen and oxygen atoms in total. The Morgan fingerprint density at radius 3 is 2.66 bits per heavy atom. The molecule has 0 saturated carbocycles. The summed E-state index contributed by atoms with van der Waals surface area (Å²) < 4.78 is 35.7. The molecule has 1 amide bonds. The Balaban J connectivity index is 2.04. The molecule has 0 spiro atoms. The summed E-state index contributed by atoms with van der Waals surface area (Å²) in [5.74, 6) is 0.958. The van der Waals surface area contributed by atoms with Gasteiger partial charge in [0, 0.05) is 31.3 Å². The van der Waals surface area contributed by atoms with Crippen LogP contribution < -0.4 is 20.1 Å². The molecule has 2 rings (SSSR count). The highest BCUT2D eigenvalue weighted by Gasteiger charge is 2.18. The van der Waals surface area contributed by atoms with E-state index in [0.29, 0.717) is 30.4 Å². The van der Waals surface area contributed by atoms with E-state index in [1.54, 1.807) is 12.1 Å². The van der Waals surface area contributed by atoms with Crippen LogP contribution in [0.4, 0.5) is 8.78 Å². The molecule has 1 aliphatic heterocycles. The average molecular weight is 412 g/mol. The van der Waals surface area contributed by atoms with Gasteiger partial charge in [0.2, 0.25) is 5.91 Å². The van der Waals surface area contributed by atoms with Gasteiger partial charge in [-0.25, -0.2) is 4.99 Å². The van der Waals surface area contributed by atoms with E-state index in [4.69, 9.17) is 4.74 Å². The Morgan fingerprint density at radius 2 is 2.00 bits per heavy atom. The summed E-state index contributed by atoms with van der Waals surface area (Å²) in [6.07, 6.45) is 2.88. The molecule has 1 fully saturated rings. The first-order chi connectivity index (χ1) is 14.0. The van der Waals surface area contributed by atoms with Gasteiger partial charge in [-0.2, -0.15) is 8.78 Å². The van der Waals surface area contributed by atoms with Crippen molar-refractivity contribution in [3.05, 3.63) is 23.8 Å². The average Bonchev–Trinajstić information content (AvgIpc) is 3.23. The molecule has 0 atom stereocenters. The molecule has 29 heavy (non-hydrogen) atoms. The number of rotatable bonds is 10. The number of alkyl halides is 2. The summed E-state index contributed by atoms with van der Waals surface area (Å²) in [5, 5.41) is 6.05. The molecule has 1 saturated heterocycles. The zero-order valence-electron chi connectivity index (χ0n) is 17.0. The molecule has 1 aromatic carbocycles. The Labute approximate surface area is 170 Å². The standard InChI is InChI=1S/C20H30F2N4O3/c1-3-11-28-16-8-7-15(17(12-16)29-19(21)22)13-24-20(23-4-2)25-14-18(27)26-9-5-6-10-26/h7-8,12,19H,3-6,9-11,13-14H2,1-2H3,(H2,23,24,25). The third-order valence-electron chi connectivity index (χ3n) is 4.35. The van der Waals surface area contributed by atoms with Crippen molar-refractivity contribution >= 4 is 11.9 Å². The third kappa shape index (κ3) is 7.75. The van der Waals surface area contributed by atoms with Gasteiger partial charge in [0.15, 0.2) is 5.96 Å². The van der Waals surface area contributed by atoms with E-state index in [0.717, 1.165) is 32.4 Å². The van der Waals surface area contributed by atoms with Crippen LogP contribution in [0, 0.1) is 0 Å². The summed E-state index contributed by atoms with van der Waals surface area (Å²) in [7, 11) is 0. The van der Waals surface area contributed by atoms with E-state index in [-0.39, 0.29) is 24.7 Å². The van der Waals surface area contributed by atoms with Crippen LogP contribution in [-0.2, 0) is 11.3 Å². The summed E-state index contributed by atoms with van der Waals surface area (Å²) in [4.78, 5) is 18.4. The van der Waals surface area contributed by atoms with Crippen LogP contribution in [0.25, 0.3) is 0 Å². The van der Waals surface area contributed by atoms with E-state index in [9.17, 15) is 13.6 Å². The van der Waals surface area contributed by atoms with Gasteiger partial charge in [-0.15, -0.1) is 0 Å². The summed E-state index contributed by atoms with van der Waals surface area (Å²) in [6, 6.07) is 4.81. The quantitative estimate of drug-likeness (QED) is 0.457. The van der Waals surface area contributed by atoms with E-state index in [2.05, 4.69) is 20.4 Å². The number of aliphatic imine (C=N–C) groups is 1. The fourth-order valence-electron chi connectivity index (χ4n) is 2.92. The SMILES string of the molecule is CCCOc1ccc(CN=C(NCC)NCC(=O)N2CCCC2)c(OC(F)F)c1. The minimum atomic E-state index is -2.94. The summed E-state index contributed by atoms with van der Waals surface area (Å²) in [6.45, 7) is 3.85. The number of guanidine groups is 1.